The van der Waals surface area contributed by atoms with Crippen LogP contribution in [-0.4, -0.2) is 7.11 Å². The highest BCUT2D eigenvalue weighted by Crippen LogP contribution is 2.42. The molecule has 29 heavy (non-hydrogen) atoms. The molecule has 4 rings (SSSR count). The first kappa shape index (κ1) is 18.8. The van der Waals surface area contributed by atoms with Crippen LogP contribution in [0, 0.1) is 0 Å². The molecule has 0 heterocycles. The second kappa shape index (κ2) is 9.11. The SMILES string of the molecule is COc1cccc(OCc2ccccc2)c1C(c1ccccc1)c1ccccc1. The van der Waals surface area contributed by atoms with E-state index in [0.29, 0.717) is 6.61 Å². The van der Waals surface area contributed by atoms with Crippen molar-refractivity contribution in [2.75, 3.05) is 7.11 Å². The van der Waals surface area contributed by atoms with E-state index < -0.39 is 0 Å². The Bertz CT molecular complexity index is 988. The monoisotopic (exact) mass is 380 g/mol. The minimum absolute atomic E-state index is 0.0133. The van der Waals surface area contributed by atoms with Gasteiger partial charge in [0.25, 0.3) is 0 Å². The summed E-state index contributed by atoms with van der Waals surface area (Å²) in [4.78, 5) is 0. The normalized spacial score (nSPS) is 10.7. The Morgan fingerprint density at radius 3 is 1.66 bits per heavy atom. The van der Waals surface area contributed by atoms with Gasteiger partial charge in [-0.25, -0.2) is 0 Å². The van der Waals surface area contributed by atoms with Gasteiger partial charge >= 0.3 is 0 Å². The number of rotatable bonds is 7. The largest absolute Gasteiger partial charge is 0.496 e. The summed E-state index contributed by atoms with van der Waals surface area (Å²) >= 11 is 0. The maximum Gasteiger partial charge on any atom is 0.127 e. The van der Waals surface area contributed by atoms with Gasteiger partial charge in [0.2, 0.25) is 0 Å². The van der Waals surface area contributed by atoms with Crippen molar-refractivity contribution < 1.29 is 9.47 Å². The van der Waals surface area contributed by atoms with Crippen LogP contribution in [0.25, 0.3) is 0 Å². The molecule has 0 fully saturated rings. The molecule has 4 aromatic carbocycles. The molecule has 4 aromatic rings. The summed E-state index contributed by atoms with van der Waals surface area (Å²) in [6, 6.07) is 37.3. The van der Waals surface area contributed by atoms with Crippen molar-refractivity contribution in [3.05, 3.63) is 131 Å². The lowest BCUT2D eigenvalue weighted by Crippen LogP contribution is -2.08. The lowest BCUT2D eigenvalue weighted by Gasteiger charge is -2.24. The molecule has 0 aliphatic carbocycles. The highest BCUT2D eigenvalue weighted by atomic mass is 16.5. The van der Waals surface area contributed by atoms with Crippen molar-refractivity contribution in [2.45, 2.75) is 12.5 Å². The van der Waals surface area contributed by atoms with Gasteiger partial charge in [0.1, 0.15) is 18.1 Å². The van der Waals surface area contributed by atoms with Gasteiger partial charge in [-0.15, -0.1) is 0 Å². The molecule has 0 amide bonds. The average Bonchev–Trinajstić information content (AvgIpc) is 2.80. The second-order valence-corrected chi connectivity index (χ2v) is 6.90. The quantitative estimate of drug-likeness (QED) is 0.343. The van der Waals surface area contributed by atoms with Crippen LogP contribution in [0.4, 0.5) is 0 Å². The fourth-order valence-corrected chi connectivity index (χ4v) is 3.66. The molecule has 0 N–H and O–H groups in total. The van der Waals surface area contributed by atoms with E-state index in [1.54, 1.807) is 7.11 Å². The molecule has 0 radical (unpaired) electrons. The molecular formula is C27H24O2. The molecule has 0 aliphatic heterocycles. The van der Waals surface area contributed by atoms with Crippen molar-refractivity contribution in [1.29, 1.82) is 0 Å². The van der Waals surface area contributed by atoms with Gasteiger partial charge in [-0.1, -0.05) is 97.1 Å². The van der Waals surface area contributed by atoms with Crippen LogP contribution in [-0.2, 0) is 6.61 Å². The molecular weight excluding hydrogens is 356 g/mol. The molecule has 144 valence electrons. The average molecular weight is 380 g/mol. The van der Waals surface area contributed by atoms with E-state index in [0.717, 1.165) is 22.6 Å². The molecule has 0 atom stereocenters. The predicted molar refractivity (Wildman–Crippen MR) is 118 cm³/mol. The minimum Gasteiger partial charge on any atom is -0.496 e. The Morgan fingerprint density at radius 1 is 0.586 bits per heavy atom. The van der Waals surface area contributed by atoms with Crippen LogP contribution in [0.15, 0.2) is 109 Å². The highest BCUT2D eigenvalue weighted by molar-refractivity contribution is 5.55. The molecule has 0 aliphatic rings. The summed E-state index contributed by atoms with van der Waals surface area (Å²) in [7, 11) is 1.72. The fraction of sp³-hybridized carbons (Fsp3) is 0.111. The third-order valence-corrected chi connectivity index (χ3v) is 5.04. The Kier molecular flexibility index (Phi) is 5.92. The summed E-state index contributed by atoms with van der Waals surface area (Å²) in [5, 5.41) is 0. The number of benzene rings is 4. The third kappa shape index (κ3) is 4.33. The Balaban J connectivity index is 1.81. The van der Waals surface area contributed by atoms with E-state index in [4.69, 9.17) is 9.47 Å². The van der Waals surface area contributed by atoms with Gasteiger partial charge in [-0.2, -0.15) is 0 Å². The van der Waals surface area contributed by atoms with Crippen molar-refractivity contribution in [1.82, 2.24) is 0 Å². The number of hydrogen-bond donors (Lipinski definition) is 0. The lowest BCUT2D eigenvalue weighted by atomic mass is 9.84. The summed E-state index contributed by atoms with van der Waals surface area (Å²) in [5.74, 6) is 1.68. The standard InChI is InChI=1S/C27H24O2/c1-28-24-18-11-19-25(29-20-21-12-5-2-6-13-21)27(24)26(22-14-7-3-8-15-22)23-16-9-4-10-17-23/h2-19,26H,20H2,1H3. The van der Waals surface area contributed by atoms with E-state index in [1.807, 2.05) is 48.5 Å². The molecule has 0 bridgehead atoms. The van der Waals surface area contributed by atoms with E-state index >= 15 is 0 Å². The first-order chi connectivity index (χ1) is 14.4. The van der Waals surface area contributed by atoms with E-state index in [2.05, 4.69) is 60.7 Å². The fourth-order valence-electron chi connectivity index (χ4n) is 3.66. The summed E-state index contributed by atoms with van der Waals surface area (Å²) in [6.45, 7) is 0.511. The summed E-state index contributed by atoms with van der Waals surface area (Å²) < 4.78 is 12.1. The minimum atomic E-state index is 0.0133. The van der Waals surface area contributed by atoms with Crippen molar-refractivity contribution in [3.8, 4) is 11.5 Å². The van der Waals surface area contributed by atoms with Gasteiger partial charge in [0.05, 0.1) is 7.11 Å². The molecule has 2 heteroatoms. The van der Waals surface area contributed by atoms with Gasteiger partial charge < -0.3 is 9.47 Å². The van der Waals surface area contributed by atoms with Crippen LogP contribution in [0.5, 0.6) is 11.5 Å². The van der Waals surface area contributed by atoms with Crippen molar-refractivity contribution in [3.63, 3.8) is 0 Å². The highest BCUT2D eigenvalue weighted by Gasteiger charge is 2.24. The zero-order valence-corrected chi connectivity index (χ0v) is 16.5. The molecule has 0 spiro atoms. The van der Waals surface area contributed by atoms with Crippen LogP contribution < -0.4 is 9.47 Å². The van der Waals surface area contributed by atoms with Crippen molar-refractivity contribution >= 4 is 0 Å². The first-order valence-corrected chi connectivity index (χ1v) is 9.80. The molecule has 2 nitrogen and oxygen atoms in total. The van der Waals surface area contributed by atoms with Crippen LogP contribution in [0.1, 0.15) is 28.2 Å². The van der Waals surface area contributed by atoms with Crippen molar-refractivity contribution in [2.24, 2.45) is 0 Å². The predicted octanol–water partition coefficient (Wildman–Crippen LogP) is 6.45. The lowest BCUT2D eigenvalue weighted by molar-refractivity contribution is 0.299. The number of methoxy groups -OCH3 is 1. The topological polar surface area (TPSA) is 18.5 Å². The summed E-state index contributed by atoms with van der Waals surface area (Å²) in [5.41, 5.74) is 4.58. The van der Waals surface area contributed by atoms with Crippen LogP contribution in [0.2, 0.25) is 0 Å². The molecule has 0 saturated heterocycles. The van der Waals surface area contributed by atoms with Gasteiger partial charge in [-0.3, -0.25) is 0 Å². The second-order valence-electron chi connectivity index (χ2n) is 6.90. The third-order valence-electron chi connectivity index (χ3n) is 5.04. The Labute approximate surface area is 172 Å². The molecule has 0 unspecified atom stereocenters. The first-order valence-electron chi connectivity index (χ1n) is 9.80. The zero-order valence-electron chi connectivity index (χ0n) is 16.5. The zero-order chi connectivity index (χ0) is 19.9. The molecule has 0 aromatic heterocycles. The number of ether oxygens (including phenoxy) is 2. The summed E-state index contributed by atoms with van der Waals surface area (Å²) in [6.07, 6.45) is 0. The number of hydrogen-bond acceptors (Lipinski definition) is 2. The van der Waals surface area contributed by atoms with Gasteiger partial charge in [-0.05, 0) is 28.8 Å². The Morgan fingerprint density at radius 2 is 1.10 bits per heavy atom. The maximum atomic E-state index is 6.31. The Hall–Kier alpha value is -3.52. The van der Waals surface area contributed by atoms with E-state index in [9.17, 15) is 0 Å². The van der Waals surface area contributed by atoms with Crippen LogP contribution in [0.3, 0.4) is 0 Å². The van der Waals surface area contributed by atoms with Gasteiger partial charge in [0, 0.05) is 11.5 Å². The van der Waals surface area contributed by atoms with E-state index in [1.165, 1.54) is 11.1 Å². The van der Waals surface area contributed by atoms with E-state index in [-0.39, 0.29) is 5.92 Å². The molecule has 0 saturated carbocycles. The smallest absolute Gasteiger partial charge is 0.127 e. The van der Waals surface area contributed by atoms with Gasteiger partial charge in [0.15, 0.2) is 0 Å². The maximum absolute atomic E-state index is 6.31. The van der Waals surface area contributed by atoms with Crippen LogP contribution >= 0.6 is 0 Å².